The first kappa shape index (κ1) is 15.6. The molecule has 0 spiro atoms. The van der Waals surface area contributed by atoms with E-state index in [4.69, 9.17) is 12.2 Å². The van der Waals surface area contributed by atoms with Crippen LogP contribution in [0.4, 0.5) is 0 Å². The van der Waals surface area contributed by atoms with Crippen LogP contribution in [0.15, 0.2) is 48.5 Å². The summed E-state index contributed by atoms with van der Waals surface area (Å²) >= 11 is 5.16. The molecule has 2 N–H and O–H groups in total. The number of fused-ring (bicyclic) bond motifs is 1. The fourth-order valence-electron chi connectivity index (χ4n) is 3.78. The first-order valence-electron chi connectivity index (χ1n) is 8.76. The Morgan fingerprint density at radius 3 is 2.75 bits per heavy atom. The van der Waals surface area contributed by atoms with Gasteiger partial charge < -0.3 is 14.9 Å². The number of piperidine rings is 1. The second-order valence-corrected chi connectivity index (χ2v) is 7.17. The summed E-state index contributed by atoms with van der Waals surface area (Å²) in [5.41, 5.74) is 5.06. The topological polar surface area (TPSA) is 34.8 Å². The molecule has 1 aromatic heterocycles. The lowest BCUT2D eigenvalue weighted by molar-refractivity contribution is 0.210. The fourth-order valence-corrected chi connectivity index (χ4v) is 4.00. The van der Waals surface area contributed by atoms with E-state index in [2.05, 4.69) is 63.4 Å². The monoisotopic (exact) mass is 337 g/mol. The first-order chi connectivity index (χ1) is 11.8. The van der Waals surface area contributed by atoms with E-state index in [9.17, 15) is 0 Å². The average Bonchev–Trinajstić information content (AvgIpc) is 3.00. The number of hydrogen-bond donors (Lipinski definition) is 2. The third-order valence-corrected chi connectivity index (χ3v) is 5.28. The minimum absolute atomic E-state index is 0.684. The number of benzene rings is 2. The molecule has 24 heavy (non-hydrogen) atoms. The fraction of sp³-hybridized carbons (Fsp3) is 0.350. The van der Waals surface area contributed by atoms with Gasteiger partial charge in [0.05, 0.1) is 11.0 Å². The van der Waals surface area contributed by atoms with E-state index < -0.39 is 0 Å². The molecule has 2 aromatic carbocycles. The zero-order chi connectivity index (χ0) is 16.4. The van der Waals surface area contributed by atoms with Crippen molar-refractivity contribution in [2.75, 3.05) is 19.6 Å². The lowest BCUT2D eigenvalue weighted by Crippen LogP contribution is -2.35. The quantitative estimate of drug-likeness (QED) is 0.680. The van der Waals surface area contributed by atoms with Crippen LogP contribution >= 0.6 is 12.2 Å². The predicted octanol–water partition coefficient (Wildman–Crippen LogP) is 4.65. The number of nitrogens with one attached hydrogen (secondary N) is 2. The third-order valence-electron chi connectivity index (χ3n) is 5.07. The van der Waals surface area contributed by atoms with Crippen molar-refractivity contribution in [2.45, 2.75) is 25.2 Å². The number of imidazole rings is 1. The van der Waals surface area contributed by atoms with Crippen LogP contribution in [0.25, 0.3) is 11.0 Å². The van der Waals surface area contributed by atoms with Gasteiger partial charge in [-0.1, -0.05) is 36.4 Å². The Morgan fingerprint density at radius 1 is 1.04 bits per heavy atom. The van der Waals surface area contributed by atoms with Crippen LogP contribution in [0.3, 0.4) is 0 Å². The Hall–Kier alpha value is -1.91. The van der Waals surface area contributed by atoms with Gasteiger partial charge in [-0.15, -0.1) is 0 Å². The number of H-pyrrole nitrogens is 2. The van der Waals surface area contributed by atoms with Crippen LogP contribution in [0.2, 0.25) is 0 Å². The minimum atomic E-state index is 0.684. The standard InChI is InChI=1S/C20H23N3S/c24-20-21-18-9-8-15(13-19(18)22-20)10-12-23-11-4-7-17(14-23)16-5-2-1-3-6-16/h1-3,5-6,8-9,13,17H,4,7,10-12,14H2,(H2,21,22,24). The molecule has 1 atom stereocenters. The molecule has 1 unspecified atom stereocenters. The molecule has 0 radical (unpaired) electrons. The molecule has 3 nitrogen and oxygen atoms in total. The van der Waals surface area contributed by atoms with Gasteiger partial charge in [-0.05, 0) is 67.2 Å². The Morgan fingerprint density at radius 2 is 1.88 bits per heavy atom. The molecule has 0 saturated carbocycles. The number of aromatic nitrogens is 2. The number of nitrogens with zero attached hydrogens (tertiary/aromatic N) is 1. The zero-order valence-electron chi connectivity index (χ0n) is 13.8. The Kier molecular flexibility index (Phi) is 4.50. The van der Waals surface area contributed by atoms with Crippen LogP contribution in [0, 0.1) is 4.77 Å². The smallest absolute Gasteiger partial charge is 0.175 e. The Labute approximate surface area is 147 Å². The minimum Gasteiger partial charge on any atom is -0.331 e. The molecule has 4 heteroatoms. The van der Waals surface area contributed by atoms with E-state index in [0.29, 0.717) is 10.7 Å². The predicted molar refractivity (Wildman–Crippen MR) is 102 cm³/mol. The molecular weight excluding hydrogens is 314 g/mol. The normalized spacial score (nSPS) is 18.9. The number of likely N-dealkylation sites (tertiary alicyclic amines) is 1. The summed E-state index contributed by atoms with van der Waals surface area (Å²) in [5.74, 6) is 0.684. The van der Waals surface area contributed by atoms with Gasteiger partial charge in [-0.25, -0.2) is 0 Å². The van der Waals surface area contributed by atoms with E-state index in [1.165, 1.54) is 37.1 Å². The van der Waals surface area contributed by atoms with Crippen molar-refractivity contribution in [1.82, 2.24) is 14.9 Å². The lowest BCUT2D eigenvalue weighted by Gasteiger charge is -2.33. The molecule has 0 bridgehead atoms. The van der Waals surface area contributed by atoms with Crippen LogP contribution in [0.1, 0.15) is 29.9 Å². The number of aromatic amines is 2. The summed E-state index contributed by atoms with van der Waals surface area (Å²) in [6.07, 6.45) is 3.69. The second-order valence-electron chi connectivity index (χ2n) is 6.76. The maximum atomic E-state index is 5.16. The van der Waals surface area contributed by atoms with Gasteiger partial charge in [0.15, 0.2) is 4.77 Å². The number of hydrogen-bond acceptors (Lipinski definition) is 2. The van der Waals surface area contributed by atoms with Crippen molar-refractivity contribution in [2.24, 2.45) is 0 Å². The summed E-state index contributed by atoms with van der Waals surface area (Å²) in [5, 5.41) is 0. The van der Waals surface area contributed by atoms with E-state index >= 15 is 0 Å². The van der Waals surface area contributed by atoms with Crippen molar-refractivity contribution in [1.29, 1.82) is 0 Å². The van der Waals surface area contributed by atoms with Crippen LogP contribution in [-0.2, 0) is 6.42 Å². The maximum absolute atomic E-state index is 5.16. The molecule has 4 rings (SSSR count). The van der Waals surface area contributed by atoms with E-state index in [0.717, 1.165) is 24.0 Å². The van der Waals surface area contributed by atoms with Gasteiger partial charge in [0, 0.05) is 13.1 Å². The molecule has 1 fully saturated rings. The van der Waals surface area contributed by atoms with Gasteiger partial charge in [-0.3, -0.25) is 0 Å². The van der Waals surface area contributed by atoms with Gasteiger partial charge >= 0.3 is 0 Å². The summed E-state index contributed by atoms with van der Waals surface area (Å²) in [6.45, 7) is 3.52. The highest BCUT2D eigenvalue weighted by Gasteiger charge is 2.20. The van der Waals surface area contributed by atoms with Gasteiger partial charge in [0.2, 0.25) is 0 Å². The zero-order valence-corrected chi connectivity index (χ0v) is 14.6. The summed E-state index contributed by atoms with van der Waals surface area (Å²) in [4.78, 5) is 8.99. The van der Waals surface area contributed by atoms with E-state index in [-0.39, 0.29) is 0 Å². The van der Waals surface area contributed by atoms with Crippen LogP contribution < -0.4 is 0 Å². The SMILES string of the molecule is S=c1[nH]c2ccc(CCN3CCCC(c4ccccc4)C3)cc2[nH]1. The molecule has 3 aromatic rings. The number of rotatable bonds is 4. The first-order valence-corrected chi connectivity index (χ1v) is 9.17. The summed E-state index contributed by atoms with van der Waals surface area (Å²) < 4.78 is 0.698. The Bertz CT molecular complexity index is 865. The largest absolute Gasteiger partial charge is 0.331 e. The highest BCUT2D eigenvalue weighted by molar-refractivity contribution is 7.71. The average molecular weight is 337 g/mol. The van der Waals surface area contributed by atoms with Crippen molar-refractivity contribution in [3.63, 3.8) is 0 Å². The molecule has 0 amide bonds. The lowest BCUT2D eigenvalue weighted by atomic mass is 9.90. The summed E-state index contributed by atoms with van der Waals surface area (Å²) in [7, 11) is 0. The molecule has 1 aliphatic heterocycles. The third kappa shape index (κ3) is 3.45. The van der Waals surface area contributed by atoms with Crippen LogP contribution in [-0.4, -0.2) is 34.5 Å². The van der Waals surface area contributed by atoms with Crippen molar-refractivity contribution < 1.29 is 0 Å². The van der Waals surface area contributed by atoms with Gasteiger partial charge in [0.1, 0.15) is 0 Å². The summed E-state index contributed by atoms with van der Waals surface area (Å²) in [6, 6.07) is 17.5. The van der Waals surface area contributed by atoms with Gasteiger partial charge in [0.25, 0.3) is 0 Å². The van der Waals surface area contributed by atoms with Gasteiger partial charge in [-0.2, -0.15) is 0 Å². The highest BCUT2D eigenvalue weighted by atomic mass is 32.1. The van der Waals surface area contributed by atoms with Crippen molar-refractivity contribution in [3.05, 3.63) is 64.4 Å². The van der Waals surface area contributed by atoms with E-state index in [1.54, 1.807) is 0 Å². The molecule has 2 heterocycles. The van der Waals surface area contributed by atoms with Crippen molar-refractivity contribution >= 4 is 23.3 Å². The van der Waals surface area contributed by atoms with E-state index in [1.807, 2.05) is 0 Å². The molecule has 1 aliphatic rings. The highest BCUT2D eigenvalue weighted by Crippen LogP contribution is 2.26. The van der Waals surface area contributed by atoms with Crippen molar-refractivity contribution in [3.8, 4) is 0 Å². The maximum Gasteiger partial charge on any atom is 0.175 e. The van der Waals surface area contributed by atoms with Crippen LogP contribution in [0.5, 0.6) is 0 Å². The molecule has 0 aliphatic carbocycles. The molecule has 1 saturated heterocycles. The molecular formula is C20H23N3S. The second kappa shape index (κ2) is 6.91. The Balaban J connectivity index is 1.40. The molecule has 124 valence electrons.